The van der Waals surface area contributed by atoms with Gasteiger partial charge in [0.1, 0.15) is 6.04 Å². The maximum atomic E-state index is 13.9. The van der Waals surface area contributed by atoms with Crippen molar-refractivity contribution >= 4 is 51.2 Å². The number of aliphatic hydroxyl groups excluding tert-OH is 1. The van der Waals surface area contributed by atoms with Gasteiger partial charge < -0.3 is 20.1 Å². The Morgan fingerprint density at radius 3 is 2.73 bits per heavy atom. The van der Waals surface area contributed by atoms with Crippen molar-refractivity contribution in [3.63, 3.8) is 0 Å². The predicted octanol–water partition coefficient (Wildman–Crippen LogP) is 3.04. The lowest BCUT2D eigenvalue weighted by molar-refractivity contribution is -0.154. The molecule has 0 radical (unpaired) electrons. The number of benzene rings is 1. The first-order valence-electron chi connectivity index (χ1n) is 11.5. The Hall–Kier alpha value is -1.58. The summed E-state index contributed by atoms with van der Waals surface area (Å²) in [5.74, 6) is -2.15. The number of thioether (sulfide) groups is 1. The molecule has 0 saturated carbocycles. The molecule has 4 rings (SSSR count). The van der Waals surface area contributed by atoms with Crippen LogP contribution in [0.3, 0.4) is 0 Å². The number of carbonyl (C=O) groups is 3. The number of fused-ring (bicyclic) bond motifs is 1. The van der Waals surface area contributed by atoms with E-state index in [1.807, 2.05) is 39.0 Å². The molecule has 7 nitrogen and oxygen atoms in total. The van der Waals surface area contributed by atoms with Gasteiger partial charge in [-0.2, -0.15) is 0 Å². The van der Waals surface area contributed by atoms with Crippen molar-refractivity contribution < 1.29 is 24.2 Å². The Labute approximate surface area is 207 Å². The number of nitrogens with one attached hydrogen (secondary N) is 1. The van der Waals surface area contributed by atoms with Crippen LogP contribution in [0.15, 0.2) is 18.2 Å². The number of hydrogen-bond donors (Lipinski definition) is 2. The van der Waals surface area contributed by atoms with E-state index in [1.54, 1.807) is 23.6 Å². The van der Waals surface area contributed by atoms with E-state index >= 15 is 0 Å². The minimum atomic E-state index is -0.790. The van der Waals surface area contributed by atoms with Gasteiger partial charge in [0.25, 0.3) is 0 Å². The van der Waals surface area contributed by atoms with Crippen LogP contribution in [0, 0.1) is 25.7 Å². The van der Waals surface area contributed by atoms with Gasteiger partial charge in [-0.1, -0.05) is 35.0 Å². The fourth-order valence-electron chi connectivity index (χ4n) is 5.75. The van der Waals surface area contributed by atoms with Crippen LogP contribution in [-0.2, 0) is 19.1 Å². The summed E-state index contributed by atoms with van der Waals surface area (Å²) in [6.07, 6.45) is 1.10. The molecular formula is C24H31BrN2O5S. The molecule has 1 aromatic carbocycles. The van der Waals surface area contributed by atoms with Gasteiger partial charge in [0.2, 0.25) is 11.8 Å². The topological polar surface area (TPSA) is 95.9 Å². The van der Waals surface area contributed by atoms with Crippen molar-refractivity contribution in [1.82, 2.24) is 4.90 Å². The van der Waals surface area contributed by atoms with Crippen molar-refractivity contribution in [3.05, 3.63) is 29.3 Å². The maximum absolute atomic E-state index is 13.9. The third-order valence-corrected chi connectivity index (χ3v) is 10.5. The number of carbonyl (C=O) groups excluding carboxylic acids is 3. The van der Waals surface area contributed by atoms with Crippen LogP contribution in [0.4, 0.5) is 5.69 Å². The molecule has 3 aliphatic rings. The number of alkyl halides is 1. The zero-order chi connectivity index (χ0) is 24.1. The summed E-state index contributed by atoms with van der Waals surface area (Å²) in [7, 11) is 0. The standard InChI is InChI=1S/C24H31BrN2O5S/c1-5-14(11-28)27-20(21(29)26-16-9-12(3)7-8-13(16)4)24-10-15(25)19(33-24)17(18(24)22(27)30)23(31)32-6-2/h7-9,14-15,17-20,28H,5-6,10-11H2,1-4H3,(H,26,29)/t14-,15?,17-,18-,19-,20?,24?/m0/s1. The quantitative estimate of drug-likeness (QED) is 0.409. The molecule has 1 aromatic rings. The van der Waals surface area contributed by atoms with Gasteiger partial charge >= 0.3 is 5.97 Å². The van der Waals surface area contributed by atoms with Gasteiger partial charge in [0.15, 0.2) is 0 Å². The number of esters is 1. The van der Waals surface area contributed by atoms with Crippen LogP contribution in [0.5, 0.6) is 0 Å². The highest BCUT2D eigenvalue weighted by Crippen LogP contribution is 2.68. The lowest BCUT2D eigenvalue weighted by atomic mass is 9.71. The molecular weight excluding hydrogens is 508 g/mol. The Balaban J connectivity index is 1.78. The molecule has 33 heavy (non-hydrogen) atoms. The lowest BCUT2D eigenvalue weighted by Gasteiger charge is -2.37. The van der Waals surface area contributed by atoms with E-state index in [0.29, 0.717) is 18.5 Å². The average Bonchev–Trinajstić information content (AvgIpc) is 3.36. The van der Waals surface area contributed by atoms with Crippen LogP contribution < -0.4 is 5.32 Å². The largest absolute Gasteiger partial charge is 0.466 e. The number of anilines is 1. The third-order valence-electron chi connectivity index (χ3n) is 7.26. The molecule has 3 aliphatic heterocycles. The van der Waals surface area contributed by atoms with E-state index in [1.165, 1.54) is 0 Å². The average molecular weight is 539 g/mol. The highest BCUT2D eigenvalue weighted by atomic mass is 79.9. The van der Waals surface area contributed by atoms with E-state index < -0.39 is 28.7 Å². The molecule has 2 amide bonds. The van der Waals surface area contributed by atoms with Gasteiger partial charge in [-0.05, 0) is 50.8 Å². The zero-order valence-corrected chi connectivity index (χ0v) is 21.7. The van der Waals surface area contributed by atoms with Gasteiger partial charge in [-0.15, -0.1) is 11.8 Å². The second-order valence-corrected chi connectivity index (χ2v) is 11.9. The molecule has 2 N–H and O–H groups in total. The summed E-state index contributed by atoms with van der Waals surface area (Å²) in [4.78, 5) is 42.2. The van der Waals surface area contributed by atoms with Crippen LogP contribution in [-0.4, -0.2) is 67.9 Å². The molecule has 3 unspecified atom stereocenters. The van der Waals surface area contributed by atoms with Crippen molar-refractivity contribution in [3.8, 4) is 0 Å². The van der Waals surface area contributed by atoms with Crippen LogP contribution in [0.1, 0.15) is 37.8 Å². The van der Waals surface area contributed by atoms with E-state index in [-0.39, 0.29) is 41.1 Å². The number of ether oxygens (including phenoxy) is 1. The molecule has 0 aliphatic carbocycles. The summed E-state index contributed by atoms with van der Waals surface area (Å²) in [6.45, 7) is 7.53. The molecule has 0 aromatic heterocycles. The first-order chi connectivity index (χ1) is 15.7. The normalized spacial score (nSPS) is 33.2. The van der Waals surface area contributed by atoms with E-state index in [2.05, 4.69) is 21.2 Å². The third kappa shape index (κ3) is 3.80. The molecule has 7 atom stereocenters. The first-order valence-corrected chi connectivity index (χ1v) is 13.3. The summed E-state index contributed by atoms with van der Waals surface area (Å²) in [6, 6.07) is 4.57. The fraction of sp³-hybridized carbons (Fsp3) is 0.625. The first kappa shape index (κ1) is 24.5. The SMILES string of the molecule is CCOC(=O)[C@H]1[C@H]2C(=O)N([C@@H](CC)CO)C(C(=O)Nc3cc(C)ccc3C)C23CC(Br)[C@@H]1S3. The minimum Gasteiger partial charge on any atom is -0.466 e. The number of rotatable bonds is 7. The smallest absolute Gasteiger partial charge is 0.310 e. The molecule has 180 valence electrons. The second-order valence-electron chi connectivity index (χ2n) is 9.21. The number of nitrogens with zero attached hydrogens (tertiary/aromatic N) is 1. The lowest BCUT2D eigenvalue weighted by Crippen LogP contribution is -2.55. The van der Waals surface area contributed by atoms with E-state index in [0.717, 1.165) is 11.1 Å². The Morgan fingerprint density at radius 2 is 2.09 bits per heavy atom. The summed E-state index contributed by atoms with van der Waals surface area (Å²) in [5.41, 5.74) is 2.66. The molecule has 3 fully saturated rings. The minimum absolute atomic E-state index is 0.00823. The maximum Gasteiger partial charge on any atom is 0.310 e. The highest BCUT2D eigenvalue weighted by molar-refractivity contribution is 9.09. The highest BCUT2D eigenvalue weighted by Gasteiger charge is 2.76. The number of aryl methyl sites for hydroxylation is 2. The molecule has 2 bridgehead atoms. The van der Waals surface area contributed by atoms with Crippen LogP contribution >= 0.6 is 27.7 Å². The van der Waals surface area contributed by atoms with Gasteiger partial charge in [-0.25, -0.2) is 0 Å². The predicted molar refractivity (Wildman–Crippen MR) is 131 cm³/mol. The van der Waals surface area contributed by atoms with Crippen LogP contribution in [0.2, 0.25) is 0 Å². The van der Waals surface area contributed by atoms with Crippen molar-refractivity contribution in [2.24, 2.45) is 11.8 Å². The molecule has 1 spiro atoms. The summed E-state index contributed by atoms with van der Waals surface area (Å²) < 4.78 is 4.60. The Morgan fingerprint density at radius 1 is 1.36 bits per heavy atom. The Bertz CT molecular complexity index is 970. The fourth-order valence-corrected chi connectivity index (χ4v) is 9.34. The van der Waals surface area contributed by atoms with Gasteiger partial charge in [0, 0.05) is 15.8 Å². The van der Waals surface area contributed by atoms with E-state index in [9.17, 15) is 19.5 Å². The van der Waals surface area contributed by atoms with Gasteiger partial charge in [0.05, 0.1) is 35.8 Å². The number of amides is 2. The molecule has 3 heterocycles. The van der Waals surface area contributed by atoms with Crippen molar-refractivity contribution in [1.29, 1.82) is 0 Å². The molecule has 9 heteroatoms. The summed E-state index contributed by atoms with van der Waals surface area (Å²) >= 11 is 5.29. The Kier molecular flexibility index (Phi) is 6.86. The van der Waals surface area contributed by atoms with Gasteiger partial charge in [-0.3, -0.25) is 14.4 Å². The van der Waals surface area contributed by atoms with Crippen molar-refractivity contribution in [2.75, 3.05) is 18.5 Å². The summed E-state index contributed by atoms with van der Waals surface area (Å²) in [5, 5.41) is 13.0. The van der Waals surface area contributed by atoms with Crippen molar-refractivity contribution in [2.45, 2.75) is 67.4 Å². The van der Waals surface area contributed by atoms with Crippen LogP contribution in [0.25, 0.3) is 0 Å². The number of likely N-dealkylation sites (tertiary alicyclic amines) is 1. The number of aliphatic hydroxyl groups is 1. The monoisotopic (exact) mass is 538 g/mol. The van der Waals surface area contributed by atoms with E-state index in [4.69, 9.17) is 4.74 Å². The molecule has 3 saturated heterocycles. The zero-order valence-electron chi connectivity index (χ0n) is 19.3. The number of halogens is 1. The second kappa shape index (κ2) is 9.23. The number of hydrogen-bond acceptors (Lipinski definition) is 6.